The average Bonchev–Trinajstić information content (AvgIpc) is 2.52. The number of ether oxygens (including phenoxy) is 1. The first-order chi connectivity index (χ1) is 11.8. The molecule has 0 heterocycles. The second-order valence-corrected chi connectivity index (χ2v) is 7.28. The Kier molecular flexibility index (Phi) is 4.49. The summed E-state index contributed by atoms with van der Waals surface area (Å²) in [5, 5.41) is 5.24. The summed E-state index contributed by atoms with van der Waals surface area (Å²) in [7, 11) is 0. The zero-order valence-electron chi connectivity index (χ0n) is 15.1. The van der Waals surface area contributed by atoms with Crippen LogP contribution in [0.15, 0.2) is 60.7 Å². The van der Waals surface area contributed by atoms with Crippen molar-refractivity contribution in [2.45, 2.75) is 33.3 Å². The van der Waals surface area contributed by atoms with Gasteiger partial charge in [-0.3, -0.25) is 5.32 Å². The Hall–Kier alpha value is -2.81. The molecule has 0 aliphatic heterocycles. The highest BCUT2D eigenvalue weighted by atomic mass is 16.6. The van der Waals surface area contributed by atoms with Gasteiger partial charge >= 0.3 is 6.09 Å². The van der Waals surface area contributed by atoms with E-state index >= 15 is 0 Å². The summed E-state index contributed by atoms with van der Waals surface area (Å²) in [4.78, 5) is 12.0. The molecule has 0 aromatic heterocycles. The first-order valence-corrected chi connectivity index (χ1v) is 8.41. The fourth-order valence-electron chi connectivity index (χ4n) is 2.81. The largest absolute Gasteiger partial charge is 0.444 e. The third-order valence-corrected chi connectivity index (χ3v) is 3.81. The van der Waals surface area contributed by atoms with E-state index in [0.717, 1.165) is 22.4 Å². The fourth-order valence-corrected chi connectivity index (χ4v) is 2.81. The van der Waals surface area contributed by atoms with E-state index in [1.165, 1.54) is 10.8 Å². The highest BCUT2D eigenvalue weighted by molar-refractivity contribution is 5.89. The van der Waals surface area contributed by atoms with Crippen molar-refractivity contribution >= 4 is 22.6 Å². The van der Waals surface area contributed by atoms with Crippen molar-refractivity contribution in [1.82, 2.24) is 0 Å². The van der Waals surface area contributed by atoms with Crippen LogP contribution < -0.4 is 5.32 Å². The predicted octanol–water partition coefficient (Wildman–Crippen LogP) is 6.16. The average molecular weight is 333 g/mol. The summed E-state index contributed by atoms with van der Waals surface area (Å²) >= 11 is 0. The van der Waals surface area contributed by atoms with E-state index in [1.807, 2.05) is 52.0 Å². The number of hydrogen-bond donors (Lipinski definition) is 1. The van der Waals surface area contributed by atoms with Gasteiger partial charge in [0.15, 0.2) is 0 Å². The lowest BCUT2D eigenvalue weighted by Gasteiger charge is -2.20. The number of aryl methyl sites for hydroxylation is 1. The lowest BCUT2D eigenvalue weighted by atomic mass is 9.99. The van der Waals surface area contributed by atoms with E-state index in [1.54, 1.807) is 0 Å². The number of fused-ring (bicyclic) bond motifs is 1. The summed E-state index contributed by atoms with van der Waals surface area (Å²) in [6.45, 7) is 7.57. The molecule has 0 spiro atoms. The third kappa shape index (κ3) is 4.38. The number of rotatable bonds is 2. The van der Waals surface area contributed by atoms with E-state index in [2.05, 4.69) is 41.7 Å². The van der Waals surface area contributed by atoms with Crippen molar-refractivity contribution in [2.24, 2.45) is 0 Å². The molecule has 3 aromatic rings. The molecule has 3 heteroatoms. The molecule has 25 heavy (non-hydrogen) atoms. The van der Waals surface area contributed by atoms with Gasteiger partial charge in [0, 0.05) is 5.69 Å². The van der Waals surface area contributed by atoms with Gasteiger partial charge in [-0.1, -0.05) is 42.5 Å². The molecule has 0 aliphatic rings. The molecular weight excluding hydrogens is 310 g/mol. The van der Waals surface area contributed by atoms with Crippen molar-refractivity contribution in [3.8, 4) is 11.1 Å². The number of anilines is 1. The van der Waals surface area contributed by atoms with Crippen molar-refractivity contribution in [3.63, 3.8) is 0 Å². The molecule has 3 aromatic carbocycles. The van der Waals surface area contributed by atoms with E-state index in [9.17, 15) is 4.79 Å². The molecule has 3 rings (SSSR count). The monoisotopic (exact) mass is 333 g/mol. The summed E-state index contributed by atoms with van der Waals surface area (Å²) in [5.74, 6) is 0. The smallest absolute Gasteiger partial charge is 0.412 e. The molecule has 0 atom stereocenters. The van der Waals surface area contributed by atoms with Gasteiger partial charge in [-0.05, 0) is 73.4 Å². The minimum Gasteiger partial charge on any atom is -0.444 e. The Morgan fingerprint density at radius 3 is 2.32 bits per heavy atom. The van der Waals surface area contributed by atoms with Gasteiger partial charge in [0.1, 0.15) is 5.60 Å². The van der Waals surface area contributed by atoms with Gasteiger partial charge in [-0.2, -0.15) is 0 Å². The second kappa shape index (κ2) is 6.60. The normalized spacial score (nSPS) is 11.4. The van der Waals surface area contributed by atoms with Gasteiger partial charge in [0.05, 0.1) is 0 Å². The van der Waals surface area contributed by atoms with Crippen molar-refractivity contribution in [3.05, 3.63) is 66.2 Å². The number of carbonyl (C=O) groups excluding carboxylic acids is 1. The minimum absolute atomic E-state index is 0.442. The predicted molar refractivity (Wildman–Crippen MR) is 104 cm³/mol. The standard InChI is InChI=1S/C22H23NO2/c1-15-11-19(14-20(12-15)23-21(24)25-22(2,3)4)18-10-9-16-7-5-6-8-17(16)13-18/h5-14H,1-4H3,(H,23,24). The van der Waals surface area contributed by atoms with E-state index in [4.69, 9.17) is 4.74 Å². The van der Waals surface area contributed by atoms with Gasteiger partial charge in [0.2, 0.25) is 0 Å². The highest BCUT2D eigenvalue weighted by Crippen LogP contribution is 2.28. The number of benzene rings is 3. The van der Waals surface area contributed by atoms with Crippen LogP contribution in [0, 0.1) is 6.92 Å². The topological polar surface area (TPSA) is 38.3 Å². The lowest BCUT2D eigenvalue weighted by Crippen LogP contribution is -2.27. The molecule has 0 saturated heterocycles. The Morgan fingerprint density at radius 2 is 1.60 bits per heavy atom. The van der Waals surface area contributed by atoms with Crippen LogP contribution in [0.2, 0.25) is 0 Å². The zero-order chi connectivity index (χ0) is 18.0. The van der Waals surface area contributed by atoms with E-state index < -0.39 is 11.7 Å². The molecule has 1 N–H and O–H groups in total. The number of carbonyl (C=O) groups is 1. The van der Waals surface area contributed by atoms with Crippen LogP contribution in [-0.4, -0.2) is 11.7 Å². The molecule has 0 bridgehead atoms. The van der Waals surface area contributed by atoms with Crippen LogP contribution in [-0.2, 0) is 4.74 Å². The Bertz CT molecular complexity index is 923. The highest BCUT2D eigenvalue weighted by Gasteiger charge is 2.16. The van der Waals surface area contributed by atoms with Crippen LogP contribution in [0.25, 0.3) is 21.9 Å². The van der Waals surface area contributed by atoms with Gasteiger partial charge in [-0.25, -0.2) is 4.79 Å². The van der Waals surface area contributed by atoms with E-state index in [0.29, 0.717) is 0 Å². The van der Waals surface area contributed by atoms with Crippen molar-refractivity contribution in [1.29, 1.82) is 0 Å². The van der Waals surface area contributed by atoms with Gasteiger partial charge < -0.3 is 4.74 Å². The Morgan fingerprint density at radius 1 is 0.880 bits per heavy atom. The van der Waals surface area contributed by atoms with Gasteiger partial charge in [-0.15, -0.1) is 0 Å². The lowest BCUT2D eigenvalue weighted by molar-refractivity contribution is 0.0636. The van der Waals surface area contributed by atoms with Crippen molar-refractivity contribution < 1.29 is 9.53 Å². The zero-order valence-corrected chi connectivity index (χ0v) is 15.1. The Labute approximate surface area is 148 Å². The first-order valence-electron chi connectivity index (χ1n) is 8.41. The molecule has 0 fully saturated rings. The molecular formula is C22H23NO2. The van der Waals surface area contributed by atoms with Crippen LogP contribution in [0.4, 0.5) is 10.5 Å². The molecule has 128 valence electrons. The van der Waals surface area contributed by atoms with Crippen LogP contribution in [0.1, 0.15) is 26.3 Å². The summed E-state index contributed by atoms with van der Waals surface area (Å²) in [6.07, 6.45) is -0.442. The maximum atomic E-state index is 12.0. The molecule has 0 aliphatic carbocycles. The minimum atomic E-state index is -0.519. The van der Waals surface area contributed by atoms with Crippen LogP contribution >= 0.6 is 0 Å². The number of hydrogen-bond acceptors (Lipinski definition) is 2. The quantitative estimate of drug-likeness (QED) is 0.609. The molecule has 0 saturated carbocycles. The van der Waals surface area contributed by atoms with Gasteiger partial charge in [0.25, 0.3) is 0 Å². The summed E-state index contributed by atoms with van der Waals surface area (Å²) < 4.78 is 5.33. The number of nitrogens with one attached hydrogen (secondary N) is 1. The number of amides is 1. The molecule has 3 nitrogen and oxygen atoms in total. The van der Waals surface area contributed by atoms with E-state index in [-0.39, 0.29) is 0 Å². The maximum absolute atomic E-state index is 12.0. The van der Waals surface area contributed by atoms with Crippen LogP contribution in [0.5, 0.6) is 0 Å². The van der Waals surface area contributed by atoms with Crippen molar-refractivity contribution in [2.75, 3.05) is 5.32 Å². The van der Waals surface area contributed by atoms with Crippen LogP contribution in [0.3, 0.4) is 0 Å². The Balaban J connectivity index is 1.91. The molecule has 0 radical (unpaired) electrons. The second-order valence-electron chi connectivity index (χ2n) is 7.28. The molecule has 1 amide bonds. The summed E-state index contributed by atoms with van der Waals surface area (Å²) in [6, 6.07) is 20.7. The molecule has 0 unspecified atom stereocenters. The maximum Gasteiger partial charge on any atom is 0.412 e. The SMILES string of the molecule is Cc1cc(NC(=O)OC(C)(C)C)cc(-c2ccc3ccccc3c2)c1. The first kappa shape index (κ1) is 17.0. The third-order valence-electron chi connectivity index (χ3n) is 3.81. The fraction of sp³-hybridized carbons (Fsp3) is 0.227. The summed E-state index contributed by atoms with van der Waals surface area (Å²) in [5.41, 5.74) is 3.48.